The molecule has 3 nitrogen and oxygen atoms in total. The molecule has 3 N–H and O–H groups in total. The normalized spacial score (nSPS) is 10.5. The van der Waals surface area contributed by atoms with Gasteiger partial charge >= 0.3 is 0 Å². The SMILES string of the molecule is C=C(NC(C)C)c1ccc(CNNC)cc1. The molecule has 0 radical (unpaired) electrons. The Morgan fingerprint density at radius 1 is 1.25 bits per heavy atom. The topological polar surface area (TPSA) is 36.1 Å². The predicted molar refractivity (Wildman–Crippen MR) is 69.6 cm³/mol. The van der Waals surface area contributed by atoms with Gasteiger partial charge in [0, 0.05) is 18.3 Å². The summed E-state index contributed by atoms with van der Waals surface area (Å²) in [6.07, 6.45) is 0. The predicted octanol–water partition coefficient (Wildman–Crippen LogP) is 1.88. The monoisotopic (exact) mass is 219 g/mol. The molecule has 0 atom stereocenters. The van der Waals surface area contributed by atoms with Crippen molar-refractivity contribution in [3.63, 3.8) is 0 Å². The first kappa shape index (κ1) is 12.7. The van der Waals surface area contributed by atoms with E-state index in [-0.39, 0.29) is 0 Å². The second kappa shape index (κ2) is 6.30. The zero-order valence-corrected chi connectivity index (χ0v) is 10.3. The summed E-state index contributed by atoms with van der Waals surface area (Å²) in [6, 6.07) is 8.80. The van der Waals surface area contributed by atoms with Crippen LogP contribution in [0.1, 0.15) is 25.0 Å². The molecule has 0 bridgehead atoms. The molecule has 3 heteroatoms. The van der Waals surface area contributed by atoms with Crippen molar-refractivity contribution in [1.82, 2.24) is 16.2 Å². The van der Waals surface area contributed by atoms with E-state index in [1.54, 1.807) is 0 Å². The van der Waals surface area contributed by atoms with Crippen LogP contribution in [0.5, 0.6) is 0 Å². The van der Waals surface area contributed by atoms with Crippen molar-refractivity contribution < 1.29 is 0 Å². The van der Waals surface area contributed by atoms with Crippen molar-refractivity contribution in [3.05, 3.63) is 42.0 Å². The molecule has 0 heterocycles. The molecule has 0 aromatic heterocycles. The van der Waals surface area contributed by atoms with Crippen molar-refractivity contribution in [2.75, 3.05) is 7.05 Å². The van der Waals surface area contributed by atoms with Gasteiger partial charge in [0.05, 0.1) is 0 Å². The molecule has 0 saturated carbocycles. The van der Waals surface area contributed by atoms with E-state index in [4.69, 9.17) is 0 Å². The van der Waals surface area contributed by atoms with E-state index in [9.17, 15) is 0 Å². The lowest BCUT2D eigenvalue weighted by Crippen LogP contribution is -2.26. The number of nitrogens with one attached hydrogen (secondary N) is 3. The third-order valence-corrected chi connectivity index (χ3v) is 2.23. The van der Waals surface area contributed by atoms with E-state index in [2.05, 4.69) is 60.9 Å². The molecule has 0 fully saturated rings. The Morgan fingerprint density at radius 2 is 1.88 bits per heavy atom. The van der Waals surface area contributed by atoms with Gasteiger partial charge in [0.1, 0.15) is 0 Å². The summed E-state index contributed by atoms with van der Waals surface area (Å²) in [5, 5.41) is 3.30. The van der Waals surface area contributed by atoms with Crippen LogP contribution in [0, 0.1) is 0 Å². The highest BCUT2D eigenvalue weighted by Gasteiger charge is 2.00. The molecule has 0 aliphatic rings. The van der Waals surface area contributed by atoms with Crippen LogP contribution in [-0.2, 0) is 6.54 Å². The maximum atomic E-state index is 4.02. The van der Waals surface area contributed by atoms with Crippen molar-refractivity contribution in [2.45, 2.75) is 26.4 Å². The molecular weight excluding hydrogens is 198 g/mol. The fourth-order valence-electron chi connectivity index (χ4n) is 1.45. The van der Waals surface area contributed by atoms with E-state index >= 15 is 0 Å². The third-order valence-electron chi connectivity index (χ3n) is 2.23. The molecule has 16 heavy (non-hydrogen) atoms. The lowest BCUT2D eigenvalue weighted by molar-refractivity contribution is 0.596. The van der Waals surface area contributed by atoms with Crippen LogP contribution < -0.4 is 16.2 Å². The van der Waals surface area contributed by atoms with Crippen molar-refractivity contribution >= 4 is 5.70 Å². The number of rotatable bonds is 6. The van der Waals surface area contributed by atoms with Crippen molar-refractivity contribution in [2.24, 2.45) is 0 Å². The van der Waals surface area contributed by atoms with Crippen LogP contribution in [0.3, 0.4) is 0 Å². The van der Waals surface area contributed by atoms with E-state index in [0.717, 1.165) is 17.8 Å². The van der Waals surface area contributed by atoms with Crippen molar-refractivity contribution in [3.8, 4) is 0 Å². The number of hydrogen-bond donors (Lipinski definition) is 3. The summed E-state index contributed by atoms with van der Waals surface area (Å²) < 4.78 is 0. The van der Waals surface area contributed by atoms with E-state index < -0.39 is 0 Å². The van der Waals surface area contributed by atoms with Gasteiger partial charge in [0.25, 0.3) is 0 Å². The molecule has 1 aromatic carbocycles. The summed E-state index contributed by atoms with van der Waals surface area (Å²) >= 11 is 0. The minimum absolute atomic E-state index is 0.415. The molecule has 0 saturated heterocycles. The molecule has 1 aromatic rings. The van der Waals surface area contributed by atoms with Crippen LogP contribution in [0.2, 0.25) is 0 Å². The summed E-state index contributed by atoms with van der Waals surface area (Å²) in [5.74, 6) is 0. The molecule has 0 aliphatic heterocycles. The minimum atomic E-state index is 0.415. The van der Waals surface area contributed by atoms with Crippen LogP contribution in [-0.4, -0.2) is 13.1 Å². The fraction of sp³-hybridized carbons (Fsp3) is 0.385. The molecule has 0 unspecified atom stereocenters. The van der Waals surface area contributed by atoms with Crippen LogP contribution in [0.4, 0.5) is 0 Å². The summed E-state index contributed by atoms with van der Waals surface area (Å²) in [4.78, 5) is 0. The first-order valence-electron chi connectivity index (χ1n) is 5.58. The first-order valence-corrected chi connectivity index (χ1v) is 5.58. The Morgan fingerprint density at radius 3 is 2.38 bits per heavy atom. The third kappa shape index (κ3) is 4.04. The number of hydrogen-bond acceptors (Lipinski definition) is 3. The van der Waals surface area contributed by atoms with Gasteiger partial charge in [-0.2, -0.15) is 0 Å². The van der Waals surface area contributed by atoms with Gasteiger partial charge < -0.3 is 5.32 Å². The Labute approximate surface area is 97.9 Å². The lowest BCUT2D eigenvalue weighted by Gasteiger charge is -2.13. The van der Waals surface area contributed by atoms with E-state index in [0.29, 0.717) is 6.04 Å². The van der Waals surface area contributed by atoms with Crippen LogP contribution in [0.15, 0.2) is 30.8 Å². The van der Waals surface area contributed by atoms with Crippen molar-refractivity contribution in [1.29, 1.82) is 0 Å². The van der Waals surface area contributed by atoms with Gasteiger partial charge in [-0.1, -0.05) is 30.8 Å². The highest BCUT2D eigenvalue weighted by Crippen LogP contribution is 2.11. The smallest absolute Gasteiger partial charge is 0.0350 e. The highest BCUT2D eigenvalue weighted by atomic mass is 15.3. The summed E-state index contributed by atoms with van der Waals surface area (Å²) in [7, 11) is 1.86. The molecule has 88 valence electrons. The van der Waals surface area contributed by atoms with Crippen LogP contribution in [0.25, 0.3) is 5.70 Å². The average molecular weight is 219 g/mol. The largest absolute Gasteiger partial charge is 0.383 e. The zero-order chi connectivity index (χ0) is 12.0. The van der Waals surface area contributed by atoms with Gasteiger partial charge in [-0.25, -0.2) is 0 Å². The molecule has 0 amide bonds. The fourth-order valence-corrected chi connectivity index (χ4v) is 1.45. The minimum Gasteiger partial charge on any atom is -0.383 e. The van der Waals surface area contributed by atoms with Gasteiger partial charge in [0.2, 0.25) is 0 Å². The summed E-state index contributed by atoms with van der Waals surface area (Å²) in [5.41, 5.74) is 9.32. The highest BCUT2D eigenvalue weighted by molar-refractivity contribution is 5.61. The second-order valence-electron chi connectivity index (χ2n) is 4.08. The molecule has 1 rings (SSSR count). The van der Waals surface area contributed by atoms with Crippen LogP contribution >= 0.6 is 0 Å². The van der Waals surface area contributed by atoms with Gasteiger partial charge in [-0.15, -0.1) is 0 Å². The van der Waals surface area contributed by atoms with Gasteiger partial charge in [-0.05, 0) is 32.0 Å². The number of benzene rings is 1. The second-order valence-corrected chi connectivity index (χ2v) is 4.08. The summed E-state index contributed by atoms with van der Waals surface area (Å²) in [6.45, 7) is 9.05. The Kier molecular flexibility index (Phi) is 5.02. The van der Waals surface area contributed by atoms with E-state index in [1.807, 2.05) is 7.05 Å². The molecule has 0 aliphatic carbocycles. The standard InChI is InChI=1S/C13H21N3/c1-10(2)16-11(3)13-7-5-12(6-8-13)9-15-14-4/h5-8,10,14-16H,3,9H2,1-2,4H3. The maximum Gasteiger partial charge on any atom is 0.0350 e. The lowest BCUT2D eigenvalue weighted by atomic mass is 10.1. The van der Waals surface area contributed by atoms with E-state index in [1.165, 1.54) is 5.56 Å². The Balaban J connectivity index is 2.60. The first-order chi connectivity index (χ1) is 7.63. The maximum absolute atomic E-state index is 4.02. The average Bonchev–Trinajstić information content (AvgIpc) is 2.26. The quantitative estimate of drug-likeness (QED) is 0.639. The molecule has 0 spiro atoms. The van der Waals surface area contributed by atoms with Gasteiger partial charge in [0.15, 0.2) is 0 Å². The molecular formula is C13H21N3. The Hall–Kier alpha value is -1.32. The Bertz CT molecular complexity index is 328. The number of hydrazine groups is 1. The zero-order valence-electron chi connectivity index (χ0n) is 10.3. The van der Waals surface area contributed by atoms with Gasteiger partial charge in [-0.3, -0.25) is 10.9 Å².